The highest BCUT2D eigenvalue weighted by Gasteiger charge is 2.20. The third-order valence-electron chi connectivity index (χ3n) is 3.22. The Kier molecular flexibility index (Phi) is 2.39. The smallest absolute Gasteiger partial charge is 0.195 e. The number of rotatable bonds is 2. The number of hydrogen-bond acceptors (Lipinski definition) is 3. The molecular formula is C12H13BrN2O. The Morgan fingerprint density at radius 1 is 1.44 bits per heavy atom. The van der Waals surface area contributed by atoms with E-state index in [9.17, 15) is 0 Å². The zero-order valence-electron chi connectivity index (χ0n) is 8.87. The lowest BCUT2D eigenvalue weighted by Gasteiger charge is -2.23. The summed E-state index contributed by atoms with van der Waals surface area (Å²) in [5.74, 6) is 1.59. The second kappa shape index (κ2) is 3.77. The summed E-state index contributed by atoms with van der Waals surface area (Å²) in [5.41, 5.74) is 8.10. The fraction of sp³-hybridized carbons (Fsp3) is 0.417. The summed E-state index contributed by atoms with van der Waals surface area (Å²) in [6, 6.07) is 3.79. The first-order valence-electron chi connectivity index (χ1n) is 5.57. The van der Waals surface area contributed by atoms with Crippen LogP contribution in [0.4, 0.5) is 5.69 Å². The summed E-state index contributed by atoms with van der Waals surface area (Å²) in [6.07, 6.45) is 4.90. The number of oxazole rings is 1. The van der Waals surface area contributed by atoms with Gasteiger partial charge in [0.15, 0.2) is 11.5 Å². The molecule has 0 spiro atoms. The second-order valence-corrected chi connectivity index (χ2v) is 5.37. The summed E-state index contributed by atoms with van der Waals surface area (Å²) in [5, 5.41) is 0. The van der Waals surface area contributed by atoms with Crippen LogP contribution in [0, 0.1) is 5.92 Å². The first-order chi connectivity index (χ1) is 7.72. The topological polar surface area (TPSA) is 52.0 Å². The fourth-order valence-electron chi connectivity index (χ4n) is 2.10. The molecule has 0 aliphatic heterocycles. The molecule has 4 heteroatoms. The van der Waals surface area contributed by atoms with Crippen LogP contribution in [0.15, 0.2) is 21.0 Å². The molecule has 0 amide bonds. The Morgan fingerprint density at radius 2 is 2.25 bits per heavy atom. The van der Waals surface area contributed by atoms with Crippen molar-refractivity contribution in [1.29, 1.82) is 0 Å². The van der Waals surface area contributed by atoms with Crippen LogP contribution in [-0.2, 0) is 6.42 Å². The van der Waals surface area contributed by atoms with Crippen molar-refractivity contribution in [2.45, 2.75) is 25.7 Å². The standard InChI is InChI=1S/C12H13BrN2O/c13-8-5-9(14)12-10(6-8)15-11(16-12)4-7-2-1-3-7/h5-7H,1-4,14H2. The lowest BCUT2D eigenvalue weighted by atomic mass is 9.83. The van der Waals surface area contributed by atoms with Gasteiger partial charge in [-0.05, 0) is 30.9 Å². The van der Waals surface area contributed by atoms with Gasteiger partial charge in [-0.25, -0.2) is 4.98 Å². The van der Waals surface area contributed by atoms with Gasteiger partial charge < -0.3 is 10.2 Å². The Hall–Kier alpha value is -1.03. The molecule has 1 aliphatic rings. The van der Waals surface area contributed by atoms with Crippen LogP contribution in [0.1, 0.15) is 25.2 Å². The van der Waals surface area contributed by atoms with Crippen LogP contribution >= 0.6 is 15.9 Å². The van der Waals surface area contributed by atoms with Crippen molar-refractivity contribution in [3.63, 3.8) is 0 Å². The number of fused-ring (bicyclic) bond motifs is 1. The van der Waals surface area contributed by atoms with E-state index in [1.54, 1.807) is 0 Å². The van der Waals surface area contributed by atoms with Crippen molar-refractivity contribution < 1.29 is 4.42 Å². The molecule has 2 N–H and O–H groups in total. The highest BCUT2D eigenvalue weighted by atomic mass is 79.9. The monoisotopic (exact) mass is 280 g/mol. The minimum absolute atomic E-state index is 0.650. The number of anilines is 1. The van der Waals surface area contributed by atoms with E-state index in [2.05, 4.69) is 20.9 Å². The van der Waals surface area contributed by atoms with E-state index in [1.807, 2.05) is 12.1 Å². The highest BCUT2D eigenvalue weighted by Crippen LogP contribution is 2.32. The van der Waals surface area contributed by atoms with E-state index in [-0.39, 0.29) is 0 Å². The Bertz CT molecular complexity index is 531. The molecule has 3 rings (SSSR count). The van der Waals surface area contributed by atoms with Crippen LogP contribution in [0.3, 0.4) is 0 Å². The highest BCUT2D eigenvalue weighted by molar-refractivity contribution is 9.10. The number of hydrogen-bond donors (Lipinski definition) is 1. The van der Waals surface area contributed by atoms with Crippen LogP contribution in [-0.4, -0.2) is 4.98 Å². The minimum Gasteiger partial charge on any atom is -0.439 e. The Balaban J connectivity index is 1.98. The molecule has 1 aliphatic carbocycles. The molecule has 1 saturated carbocycles. The maximum atomic E-state index is 5.88. The first kappa shape index (κ1) is 10.1. The summed E-state index contributed by atoms with van der Waals surface area (Å²) < 4.78 is 6.65. The summed E-state index contributed by atoms with van der Waals surface area (Å²) in [6.45, 7) is 0. The van der Waals surface area contributed by atoms with Crippen LogP contribution < -0.4 is 5.73 Å². The number of nitrogen functional groups attached to an aromatic ring is 1. The molecule has 1 fully saturated rings. The van der Waals surface area contributed by atoms with Crippen LogP contribution in [0.5, 0.6) is 0 Å². The van der Waals surface area contributed by atoms with Crippen LogP contribution in [0.25, 0.3) is 11.1 Å². The number of aromatic nitrogens is 1. The number of nitrogens with two attached hydrogens (primary N) is 1. The van der Waals surface area contributed by atoms with Gasteiger partial charge in [-0.3, -0.25) is 0 Å². The predicted molar refractivity (Wildman–Crippen MR) is 67.2 cm³/mol. The Labute approximate surface area is 102 Å². The molecule has 16 heavy (non-hydrogen) atoms. The molecular weight excluding hydrogens is 268 g/mol. The summed E-state index contributed by atoms with van der Waals surface area (Å²) >= 11 is 3.41. The van der Waals surface area contributed by atoms with Crippen LogP contribution in [0.2, 0.25) is 0 Å². The SMILES string of the molecule is Nc1cc(Br)cc2nc(CC3CCC3)oc12. The van der Waals surface area contributed by atoms with Crippen molar-refractivity contribution in [2.75, 3.05) is 5.73 Å². The van der Waals surface area contributed by atoms with E-state index in [1.165, 1.54) is 19.3 Å². The number of nitrogens with zero attached hydrogens (tertiary/aromatic N) is 1. The minimum atomic E-state index is 0.650. The van der Waals surface area contributed by atoms with Gasteiger partial charge in [-0.15, -0.1) is 0 Å². The molecule has 0 saturated heterocycles. The maximum absolute atomic E-state index is 5.88. The molecule has 1 aromatic carbocycles. The van der Waals surface area contributed by atoms with E-state index in [4.69, 9.17) is 10.2 Å². The molecule has 1 aromatic heterocycles. The third kappa shape index (κ3) is 1.71. The zero-order chi connectivity index (χ0) is 11.1. The average Bonchev–Trinajstić information content (AvgIpc) is 2.54. The number of halogens is 1. The average molecular weight is 281 g/mol. The summed E-state index contributed by atoms with van der Waals surface area (Å²) in [4.78, 5) is 4.48. The van der Waals surface area contributed by atoms with Gasteiger partial charge >= 0.3 is 0 Å². The van der Waals surface area contributed by atoms with Crippen molar-refractivity contribution in [1.82, 2.24) is 4.98 Å². The van der Waals surface area contributed by atoms with Gasteiger partial charge in [-0.1, -0.05) is 22.4 Å². The molecule has 1 heterocycles. The van der Waals surface area contributed by atoms with Crippen molar-refractivity contribution in [3.8, 4) is 0 Å². The predicted octanol–water partition coefficient (Wildman–Crippen LogP) is 3.52. The fourth-order valence-corrected chi connectivity index (χ4v) is 2.56. The zero-order valence-corrected chi connectivity index (χ0v) is 10.5. The normalized spacial score (nSPS) is 16.6. The molecule has 0 atom stereocenters. The van der Waals surface area contributed by atoms with E-state index in [0.717, 1.165) is 33.8 Å². The van der Waals surface area contributed by atoms with Gasteiger partial charge in [0, 0.05) is 10.9 Å². The third-order valence-corrected chi connectivity index (χ3v) is 3.67. The van der Waals surface area contributed by atoms with Gasteiger partial charge in [0.25, 0.3) is 0 Å². The lowest BCUT2D eigenvalue weighted by Crippen LogP contribution is -2.13. The van der Waals surface area contributed by atoms with Gasteiger partial charge in [0.1, 0.15) is 5.52 Å². The van der Waals surface area contributed by atoms with Crippen molar-refractivity contribution >= 4 is 32.7 Å². The lowest BCUT2D eigenvalue weighted by molar-refractivity contribution is 0.293. The van der Waals surface area contributed by atoms with Crippen molar-refractivity contribution in [3.05, 3.63) is 22.5 Å². The molecule has 0 bridgehead atoms. The van der Waals surface area contributed by atoms with Gasteiger partial charge in [0.05, 0.1) is 5.69 Å². The van der Waals surface area contributed by atoms with Gasteiger partial charge in [-0.2, -0.15) is 0 Å². The summed E-state index contributed by atoms with van der Waals surface area (Å²) in [7, 11) is 0. The Morgan fingerprint density at radius 3 is 2.94 bits per heavy atom. The quantitative estimate of drug-likeness (QED) is 0.857. The van der Waals surface area contributed by atoms with E-state index in [0.29, 0.717) is 5.69 Å². The van der Waals surface area contributed by atoms with E-state index < -0.39 is 0 Å². The molecule has 3 nitrogen and oxygen atoms in total. The first-order valence-corrected chi connectivity index (χ1v) is 6.36. The number of benzene rings is 1. The van der Waals surface area contributed by atoms with Gasteiger partial charge in [0.2, 0.25) is 0 Å². The molecule has 84 valence electrons. The molecule has 0 unspecified atom stereocenters. The molecule has 2 aromatic rings. The van der Waals surface area contributed by atoms with Crippen molar-refractivity contribution in [2.24, 2.45) is 5.92 Å². The molecule has 0 radical (unpaired) electrons. The second-order valence-electron chi connectivity index (χ2n) is 4.45. The largest absolute Gasteiger partial charge is 0.439 e. The van der Waals surface area contributed by atoms with E-state index >= 15 is 0 Å². The maximum Gasteiger partial charge on any atom is 0.195 e.